The van der Waals surface area contributed by atoms with Crippen molar-refractivity contribution in [3.8, 4) is 11.8 Å². The number of nitriles is 1. The third-order valence-electron chi connectivity index (χ3n) is 3.71. The van der Waals surface area contributed by atoms with Gasteiger partial charge in [0.1, 0.15) is 5.75 Å². The van der Waals surface area contributed by atoms with Crippen LogP contribution in [0.4, 0.5) is 0 Å². The van der Waals surface area contributed by atoms with E-state index in [4.69, 9.17) is 15.7 Å². The molecule has 0 aromatic heterocycles. The number of hydrogen-bond donors (Lipinski definition) is 1. The minimum Gasteiger partial charge on any atom is -0.494 e. The monoisotopic (exact) mass is 288 g/mol. The molecule has 1 rings (SSSR count). The van der Waals surface area contributed by atoms with Crippen LogP contribution in [-0.2, 0) is 6.42 Å². The Labute approximate surface area is 129 Å². The van der Waals surface area contributed by atoms with E-state index in [0.717, 1.165) is 37.9 Å². The molecule has 1 unspecified atom stereocenters. The van der Waals surface area contributed by atoms with Gasteiger partial charge in [0.2, 0.25) is 0 Å². The van der Waals surface area contributed by atoms with Crippen molar-refractivity contribution < 1.29 is 4.74 Å². The highest BCUT2D eigenvalue weighted by Crippen LogP contribution is 2.22. The van der Waals surface area contributed by atoms with Gasteiger partial charge in [-0.2, -0.15) is 5.26 Å². The largest absolute Gasteiger partial charge is 0.494 e. The van der Waals surface area contributed by atoms with Crippen LogP contribution in [0.25, 0.3) is 0 Å². The number of benzene rings is 1. The SMILES string of the molecule is CCC(N)Cc1ccc(OCCCCC(C)(C)C#N)cc1. The molecule has 0 aliphatic carbocycles. The van der Waals surface area contributed by atoms with Crippen LogP contribution in [-0.4, -0.2) is 12.6 Å². The van der Waals surface area contributed by atoms with Crippen molar-refractivity contribution in [1.82, 2.24) is 0 Å². The maximum atomic E-state index is 8.94. The number of unbranched alkanes of at least 4 members (excludes halogenated alkanes) is 1. The van der Waals surface area contributed by atoms with E-state index < -0.39 is 0 Å². The highest BCUT2D eigenvalue weighted by molar-refractivity contribution is 5.27. The average Bonchev–Trinajstić information content (AvgIpc) is 2.48. The van der Waals surface area contributed by atoms with Crippen molar-refractivity contribution >= 4 is 0 Å². The van der Waals surface area contributed by atoms with Gasteiger partial charge in [0.25, 0.3) is 0 Å². The Morgan fingerprint density at radius 1 is 1.24 bits per heavy atom. The summed E-state index contributed by atoms with van der Waals surface area (Å²) in [5, 5.41) is 8.94. The maximum absolute atomic E-state index is 8.94. The number of ether oxygens (including phenoxy) is 1. The molecule has 3 nitrogen and oxygen atoms in total. The normalized spacial score (nSPS) is 12.7. The second kappa shape index (κ2) is 8.69. The van der Waals surface area contributed by atoms with Crippen LogP contribution in [0.2, 0.25) is 0 Å². The van der Waals surface area contributed by atoms with Crippen LogP contribution in [0.5, 0.6) is 5.75 Å². The van der Waals surface area contributed by atoms with E-state index in [9.17, 15) is 0 Å². The quantitative estimate of drug-likeness (QED) is 0.697. The Balaban J connectivity index is 2.26. The fourth-order valence-electron chi connectivity index (χ4n) is 2.08. The van der Waals surface area contributed by atoms with Gasteiger partial charge in [-0.1, -0.05) is 19.1 Å². The summed E-state index contributed by atoms with van der Waals surface area (Å²) in [6, 6.07) is 10.8. The van der Waals surface area contributed by atoms with Crippen molar-refractivity contribution in [2.24, 2.45) is 11.1 Å². The van der Waals surface area contributed by atoms with Gasteiger partial charge in [-0.15, -0.1) is 0 Å². The lowest BCUT2D eigenvalue weighted by Crippen LogP contribution is -2.21. The number of nitrogens with two attached hydrogens (primary N) is 1. The molecular weight excluding hydrogens is 260 g/mol. The zero-order valence-electron chi connectivity index (χ0n) is 13.6. The fraction of sp³-hybridized carbons (Fsp3) is 0.611. The van der Waals surface area contributed by atoms with Gasteiger partial charge in [-0.25, -0.2) is 0 Å². The van der Waals surface area contributed by atoms with Gasteiger partial charge in [0.15, 0.2) is 0 Å². The summed E-state index contributed by atoms with van der Waals surface area (Å²) in [6.45, 7) is 6.77. The molecule has 0 heterocycles. The molecular formula is C18H28N2O. The Hall–Kier alpha value is -1.53. The molecule has 116 valence electrons. The van der Waals surface area contributed by atoms with Gasteiger partial charge in [-0.05, 0) is 63.6 Å². The Morgan fingerprint density at radius 2 is 1.90 bits per heavy atom. The summed E-state index contributed by atoms with van der Waals surface area (Å²) in [5.41, 5.74) is 6.98. The molecule has 0 amide bonds. The second-order valence-electron chi connectivity index (χ2n) is 6.32. The lowest BCUT2D eigenvalue weighted by atomic mass is 9.89. The minimum atomic E-state index is -0.223. The molecule has 0 saturated heterocycles. The zero-order valence-corrected chi connectivity index (χ0v) is 13.6. The molecule has 3 heteroatoms. The third kappa shape index (κ3) is 7.15. The van der Waals surface area contributed by atoms with E-state index in [1.165, 1.54) is 5.56 Å². The van der Waals surface area contributed by atoms with Crippen LogP contribution in [0.1, 0.15) is 52.0 Å². The Morgan fingerprint density at radius 3 is 2.48 bits per heavy atom. The van der Waals surface area contributed by atoms with Crippen molar-refractivity contribution in [2.45, 2.75) is 58.9 Å². The summed E-state index contributed by atoms with van der Waals surface area (Å²) in [4.78, 5) is 0. The summed E-state index contributed by atoms with van der Waals surface area (Å²) in [7, 11) is 0. The molecule has 0 aliphatic rings. The molecule has 0 radical (unpaired) electrons. The molecule has 2 N–H and O–H groups in total. The predicted molar refractivity (Wildman–Crippen MR) is 87.2 cm³/mol. The standard InChI is InChI=1S/C18H28N2O/c1-4-16(20)13-15-7-9-17(10-8-15)21-12-6-5-11-18(2,3)14-19/h7-10,16H,4-6,11-13,20H2,1-3H3. The lowest BCUT2D eigenvalue weighted by Gasteiger charge is -2.14. The fourth-order valence-corrected chi connectivity index (χ4v) is 2.08. The van der Waals surface area contributed by atoms with E-state index in [2.05, 4.69) is 25.1 Å². The smallest absolute Gasteiger partial charge is 0.119 e. The van der Waals surface area contributed by atoms with E-state index >= 15 is 0 Å². The van der Waals surface area contributed by atoms with Gasteiger partial charge in [0.05, 0.1) is 18.1 Å². The van der Waals surface area contributed by atoms with Gasteiger partial charge in [0, 0.05) is 6.04 Å². The number of nitrogens with zero attached hydrogens (tertiary/aromatic N) is 1. The minimum absolute atomic E-state index is 0.223. The third-order valence-corrected chi connectivity index (χ3v) is 3.71. The van der Waals surface area contributed by atoms with E-state index in [-0.39, 0.29) is 11.5 Å². The van der Waals surface area contributed by atoms with Gasteiger partial charge >= 0.3 is 0 Å². The van der Waals surface area contributed by atoms with Crippen LogP contribution >= 0.6 is 0 Å². The first-order valence-corrected chi connectivity index (χ1v) is 7.85. The van der Waals surface area contributed by atoms with Crippen molar-refractivity contribution in [3.63, 3.8) is 0 Å². The van der Waals surface area contributed by atoms with Crippen molar-refractivity contribution in [2.75, 3.05) is 6.61 Å². The lowest BCUT2D eigenvalue weighted by molar-refractivity contribution is 0.295. The molecule has 1 aromatic carbocycles. The molecule has 21 heavy (non-hydrogen) atoms. The summed E-state index contributed by atoms with van der Waals surface area (Å²) < 4.78 is 5.73. The molecule has 0 aliphatic heterocycles. The molecule has 1 atom stereocenters. The average molecular weight is 288 g/mol. The van der Waals surface area contributed by atoms with Crippen LogP contribution in [0.3, 0.4) is 0 Å². The zero-order chi connectivity index (χ0) is 15.7. The Bertz CT molecular complexity index is 445. The molecule has 0 saturated carbocycles. The van der Waals surface area contributed by atoms with E-state index in [0.29, 0.717) is 6.61 Å². The van der Waals surface area contributed by atoms with Crippen LogP contribution in [0.15, 0.2) is 24.3 Å². The van der Waals surface area contributed by atoms with E-state index in [1.54, 1.807) is 0 Å². The van der Waals surface area contributed by atoms with E-state index in [1.807, 2.05) is 26.0 Å². The first-order chi connectivity index (χ1) is 9.96. The van der Waals surface area contributed by atoms with Crippen molar-refractivity contribution in [3.05, 3.63) is 29.8 Å². The molecule has 0 spiro atoms. The highest BCUT2D eigenvalue weighted by Gasteiger charge is 2.15. The molecule has 1 aromatic rings. The first-order valence-electron chi connectivity index (χ1n) is 7.85. The topological polar surface area (TPSA) is 59.0 Å². The number of hydrogen-bond acceptors (Lipinski definition) is 3. The van der Waals surface area contributed by atoms with Crippen LogP contribution < -0.4 is 10.5 Å². The van der Waals surface area contributed by atoms with Gasteiger partial charge in [-0.3, -0.25) is 0 Å². The summed E-state index contributed by atoms with van der Waals surface area (Å²) in [5.74, 6) is 0.906. The van der Waals surface area contributed by atoms with Crippen molar-refractivity contribution in [1.29, 1.82) is 5.26 Å². The predicted octanol–water partition coefficient (Wildman–Crippen LogP) is 4.07. The molecule has 0 bridgehead atoms. The Kier molecular flexibility index (Phi) is 7.25. The van der Waals surface area contributed by atoms with Gasteiger partial charge < -0.3 is 10.5 Å². The molecule has 0 fully saturated rings. The highest BCUT2D eigenvalue weighted by atomic mass is 16.5. The maximum Gasteiger partial charge on any atom is 0.119 e. The summed E-state index contributed by atoms with van der Waals surface area (Å²) >= 11 is 0. The summed E-state index contributed by atoms with van der Waals surface area (Å²) in [6.07, 6.45) is 4.83. The second-order valence-corrected chi connectivity index (χ2v) is 6.32. The first kappa shape index (κ1) is 17.5. The van der Waals surface area contributed by atoms with Crippen LogP contribution in [0, 0.1) is 16.7 Å². The number of rotatable bonds is 9.